The van der Waals surface area contributed by atoms with E-state index in [0.29, 0.717) is 41.1 Å². The number of nitro benzene ring substituents is 1. The molecule has 1 fully saturated rings. The summed E-state index contributed by atoms with van der Waals surface area (Å²) >= 11 is 0. The third-order valence-electron chi connectivity index (χ3n) is 5.76. The van der Waals surface area contributed by atoms with Crippen molar-refractivity contribution in [3.63, 3.8) is 0 Å². The number of nitro groups is 1. The number of hydrogen-bond acceptors (Lipinski definition) is 5. The summed E-state index contributed by atoms with van der Waals surface area (Å²) in [4.78, 5) is 29.8. The number of carbonyl (C=O) groups excluding carboxylic acids is 1. The van der Waals surface area contributed by atoms with Crippen LogP contribution in [0.3, 0.4) is 0 Å². The van der Waals surface area contributed by atoms with E-state index in [1.54, 1.807) is 29.2 Å². The summed E-state index contributed by atoms with van der Waals surface area (Å²) in [7, 11) is 0. The Hall–Kier alpha value is -4.14. The highest BCUT2D eigenvalue weighted by molar-refractivity contribution is 5.95. The molecular formula is C24H17F2N3O4. The van der Waals surface area contributed by atoms with Gasteiger partial charge in [0.05, 0.1) is 4.92 Å². The Bertz CT molecular complexity index is 1400. The Labute approximate surface area is 186 Å². The van der Waals surface area contributed by atoms with E-state index in [1.807, 2.05) is 0 Å². The van der Waals surface area contributed by atoms with Gasteiger partial charge in [0.2, 0.25) is 5.89 Å². The van der Waals surface area contributed by atoms with Crippen LogP contribution in [0.15, 0.2) is 65.1 Å². The summed E-state index contributed by atoms with van der Waals surface area (Å²) in [6.07, 6.45) is 1.38. The normalized spacial score (nSPS) is 15.8. The molecule has 3 aromatic carbocycles. The Morgan fingerprint density at radius 2 is 1.85 bits per heavy atom. The molecule has 1 aromatic heterocycles. The molecule has 9 heteroatoms. The molecule has 33 heavy (non-hydrogen) atoms. The maximum atomic E-state index is 13.6. The van der Waals surface area contributed by atoms with Crippen LogP contribution in [0.1, 0.15) is 35.1 Å². The Kier molecular flexibility index (Phi) is 5.08. The van der Waals surface area contributed by atoms with E-state index in [0.717, 1.165) is 18.6 Å². The van der Waals surface area contributed by atoms with Crippen LogP contribution >= 0.6 is 0 Å². The maximum absolute atomic E-state index is 13.6. The number of rotatable bonds is 4. The van der Waals surface area contributed by atoms with Gasteiger partial charge < -0.3 is 9.32 Å². The van der Waals surface area contributed by atoms with Gasteiger partial charge in [-0.2, -0.15) is 0 Å². The van der Waals surface area contributed by atoms with Crippen LogP contribution in [-0.4, -0.2) is 27.3 Å². The summed E-state index contributed by atoms with van der Waals surface area (Å²) in [5.74, 6) is -1.82. The fourth-order valence-electron chi connectivity index (χ4n) is 4.13. The molecule has 7 nitrogen and oxygen atoms in total. The number of non-ortho nitro benzene ring substituents is 1. The van der Waals surface area contributed by atoms with Crippen molar-refractivity contribution in [1.82, 2.24) is 9.88 Å². The SMILES string of the molecule is O=C(c1cccc([N+](=O)[O-])c1)N1CCCC1c1nc2cc(-c3ccc(F)c(F)c3)ccc2o1. The van der Waals surface area contributed by atoms with E-state index < -0.39 is 22.6 Å². The van der Waals surface area contributed by atoms with Crippen molar-refractivity contribution in [3.8, 4) is 11.1 Å². The fraction of sp³-hybridized carbons (Fsp3) is 0.167. The zero-order valence-corrected chi connectivity index (χ0v) is 17.2. The highest BCUT2D eigenvalue weighted by Gasteiger charge is 2.34. The first-order chi connectivity index (χ1) is 15.9. The monoisotopic (exact) mass is 449 g/mol. The number of hydrogen-bond donors (Lipinski definition) is 0. The van der Waals surface area contributed by atoms with Gasteiger partial charge in [-0.25, -0.2) is 13.8 Å². The minimum Gasteiger partial charge on any atom is -0.438 e. The fourth-order valence-corrected chi connectivity index (χ4v) is 4.13. The molecule has 0 bridgehead atoms. The van der Waals surface area contributed by atoms with Crippen molar-refractivity contribution in [2.45, 2.75) is 18.9 Å². The lowest BCUT2D eigenvalue weighted by molar-refractivity contribution is -0.384. The van der Waals surface area contributed by atoms with Crippen molar-refractivity contribution in [3.05, 3.63) is 93.9 Å². The van der Waals surface area contributed by atoms with Gasteiger partial charge >= 0.3 is 0 Å². The van der Waals surface area contributed by atoms with Gasteiger partial charge in [0.25, 0.3) is 11.6 Å². The first kappa shape index (κ1) is 20.7. The molecule has 1 saturated heterocycles. The molecule has 166 valence electrons. The first-order valence-corrected chi connectivity index (χ1v) is 10.3. The van der Waals surface area contributed by atoms with Crippen LogP contribution in [0.25, 0.3) is 22.2 Å². The second-order valence-electron chi connectivity index (χ2n) is 7.83. The lowest BCUT2D eigenvalue weighted by Gasteiger charge is -2.22. The molecule has 0 radical (unpaired) electrons. The van der Waals surface area contributed by atoms with Gasteiger partial charge in [-0.05, 0) is 54.3 Å². The summed E-state index contributed by atoms with van der Waals surface area (Å²) in [6.45, 7) is 0.477. The van der Waals surface area contributed by atoms with Crippen LogP contribution in [0.2, 0.25) is 0 Å². The Morgan fingerprint density at radius 3 is 2.64 bits per heavy atom. The number of nitrogens with zero attached hydrogens (tertiary/aromatic N) is 3. The molecular weight excluding hydrogens is 432 g/mol. The Morgan fingerprint density at radius 1 is 1.06 bits per heavy atom. The second-order valence-corrected chi connectivity index (χ2v) is 7.83. The lowest BCUT2D eigenvalue weighted by atomic mass is 10.1. The summed E-state index contributed by atoms with van der Waals surface area (Å²) in [6, 6.07) is 14.0. The van der Waals surface area contributed by atoms with E-state index in [1.165, 1.54) is 24.3 Å². The molecule has 4 aromatic rings. The molecule has 5 rings (SSSR count). The van der Waals surface area contributed by atoms with Gasteiger partial charge in [-0.1, -0.05) is 18.2 Å². The van der Waals surface area contributed by atoms with E-state index in [2.05, 4.69) is 4.98 Å². The zero-order valence-electron chi connectivity index (χ0n) is 17.2. The van der Waals surface area contributed by atoms with E-state index in [-0.39, 0.29) is 17.2 Å². The third-order valence-corrected chi connectivity index (χ3v) is 5.76. The van der Waals surface area contributed by atoms with Crippen LogP contribution in [0, 0.1) is 21.7 Å². The lowest BCUT2D eigenvalue weighted by Crippen LogP contribution is -2.30. The average Bonchev–Trinajstić information content (AvgIpc) is 3.47. The zero-order chi connectivity index (χ0) is 23.1. The number of amides is 1. The molecule has 1 atom stereocenters. The summed E-state index contributed by atoms with van der Waals surface area (Å²) in [5, 5.41) is 11.1. The smallest absolute Gasteiger partial charge is 0.270 e. The predicted octanol–water partition coefficient (Wildman–Crippen LogP) is 5.66. The number of oxazole rings is 1. The number of carbonyl (C=O) groups is 1. The molecule has 0 N–H and O–H groups in total. The number of likely N-dealkylation sites (tertiary alicyclic amines) is 1. The molecule has 2 heterocycles. The standard InChI is InChI=1S/C24H17F2N3O4/c25-18-8-6-14(12-19(18)26)15-7-9-22-20(13-15)27-23(33-22)21-5-2-10-28(21)24(30)16-3-1-4-17(11-16)29(31)32/h1,3-4,6-9,11-13,21H,2,5,10H2. The number of aromatic nitrogens is 1. The molecule has 0 aliphatic carbocycles. The van der Waals surface area contributed by atoms with Gasteiger partial charge in [0.15, 0.2) is 17.2 Å². The van der Waals surface area contributed by atoms with Crippen molar-refractivity contribution in [2.24, 2.45) is 0 Å². The highest BCUT2D eigenvalue weighted by atomic mass is 19.2. The Balaban J connectivity index is 1.45. The van der Waals surface area contributed by atoms with E-state index >= 15 is 0 Å². The van der Waals surface area contributed by atoms with Gasteiger partial charge in [0, 0.05) is 24.2 Å². The van der Waals surface area contributed by atoms with Crippen molar-refractivity contribution in [1.29, 1.82) is 0 Å². The molecule has 1 aliphatic rings. The number of fused-ring (bicyclic) bond motifs is 1. The summed E-state index contributed by atoms with van der Waals surface area (Å²) in [5.41, 5.74) is 2.27. The van der Waals surface area contributed by atoms with Crippen molar-refractivity contribution >= 4 is 22.7 Å². The topological polar surface area (TPSA) is 89.5 Å². The van der Waals surface area contributed by atoms with Crippen LogP contribution < -0.4 is 0 Å². The molecule has 1 aliphatic heterocycles. The maximum Gasteiger partial charge on any atom is 0.270 e. The van der Waals surface area contributed by atoms with Gasteiger partial charge in [-0.3, -0.25) is 14.9 Å². The van der Waals surface area contributed by atoms with Crippen LogP contribution in [0.4, 0.5) is 14.5 Å². The first-order valence-electron chi connectivity index (χ1n) is 10.3. The molecule has 1 amide bonds. The molecule has 1 unspecified atom stereocenters. The summed E-state index contributed by atoms with van der Waals surface area (Å²) < 4.78 is 32.8. The van der Waals surface area contributed by atoms with Gasteiger partial charge in [0.1, 0.15) is 11.6 Å². The van der Waals surface area contributed by atoms with E-state index in [4.69, 9.17) is 4.42 Å². The molecule has 0 saturated carbocycles. The predicted molar refractivity (Wildman–Crippen MR) is 115 cm³/mol. The average molecular weight is 449 g/mol. The largest absolute Gasteiger partial charge is 0.438 e. The number of halogens is 2. The second kappa shape index (κ2) is 8.09. The highest BCUT2D eigenvalue weighted by Crippen LogP contribution is 2.35. The minimum absolute atomic E-state index is 0.150. The van der Waals surface area contributed by atoms with E-state index in [9.17, 15) is 23.7 Å². The third kappa shape index (κ3) is 3.82. The quantitative estimate of drug-likeness (QED) is 0.296. The minimum atomic E-state index is -0.935. The van der Waals surface area contributed by atoms with Crippen LogP contribution in [0.5, 0.6) is 0 Å². The number of benzene rings is 3. The van der Waals surface area contributed by atoms with Gasteiger partial charge in [-0.15, -0.1) is 0 Å². The molecule has 0 spiro atoms. The van der Waals surface area contributed by atoms with Crippen LogP contribution in [-0.2, 0) is 0 Å². The van der Waals surface area contributed by atoms with Crippen molar-refractivity contribution < 1.29 is 22.9 Å². The van der Waals surface area contributed by atoms with Crippen molar-refractivity contribution in [2.75, 3.05) is 6.54 Å².